The SMILES string of the molecule is CCCCN(C(=O)ON=C(C(=O)C(C)(C)C)c1nc2ccccc2s1)c1ccncc1. The van der Waals surface area contributed by atoms with E-state index >= 15 is 0 Å². The standard InChI is InChI=1S/C23H26N4O3S/c1-5-6-15-27(16-11-13-24-14-12-16)22(29)30-26-19(20(28)23(2,3)4)21-25-17-9-7-8-10-18(17)31-21/h7-14H,5-6,15H2,1-4H3. The summed E-state index contributed by atoms with van der Waals surface area (Å²) in [6, 6.07) is 11.1. The topological polar surface area (TPSA) is 84.8 Å². The number of thiazole rings is 1. The van der Waals surface area contributed by atoms with E-state index in [1.807, 2.05) is 31.2 Å². The lowest BCUT2D eigenvalue weighted by Gasteiger charge is -2.20. The number of carbonyl (C=O) groups excluding carboxylic acids is 2. The number of fused-ring (bicyclic) bond motifs is 1. The molecule has 1 amide bonds. The molecule has 0 saturated heterocycles. The second-order valence-corrected chi connectivity index (χ2v) is 9.10. The number of carbonyl (C=O) groups is 2. The van der Waals surface area contributed by atoms with Crippen LogP contribution in [0.25, 0.3) is 10.2 Å². The minimum atomic E-state index is -0.712. The Morgan fingerprint density at radius 2 is 1.84 bits per heavy atom. The Morgan fingerprint density at radius 1 is 1.13 bits per heavy atom. The van der Waals surface area contributed by atoms with Crippen LogP contribution in [-0.2, 0) is 9.63 Å². The number of nitrogens with zero attached hydrogens (tertiary/aromatic N) is 4. The third kappa shape index (κ3) is 5.52. The number of ketones is 1. The van der Waals surface area contributed by atoms with Gasteiger partial charge < -0.3 is 0 Å². The highest BCUT2D eigenvalue weighted by molar-refractivity contribution is 7.21. The number of amides is 1. The molecule has 0 aliphatic carbocycles. The molecule has 7 nitrogen and oxygen atoms in total. The van der Waals surface area contributed by atoms with Gasteiger partial charge in [-0.25, -0.2) is 9.78 Å². The lowest BCUT2D eigenvalue weighted by Crippen LogP contribution is -2.33. The maximum absolute atomic E-state index is 13.1. The highest BCUT2D eigenvalue weighted by Crippen LogP contribution is 2.26. The molecule has 0 aliphatic rings. The van der Waals surface area contributed by atoms with Gasteiger partial charge in [0.15, 0.2) is 11.5 Å². The van der Waals surface area contributed by atoms with Crippen LogP contribution in [0, 0.1) is 5.41 Å². The van der Waals surface area contributed by atoms with E-state index in [2.05, 4.69) is 15.1 Å². The zero-order chi connectivity index (χ0) is 22.4. The Morgan fingerprint density at radius 3 is 2.48 bits per heavy atom. The van der Waals surface area contributed by atoms with Gasteiger partial charge in [-0.2, -0.15) is 0 Å². The molecule has 0 spiro atoms. The number of aromatic nitrogens is 2. The predicted molar refractivity (Wildman–Crippen MR) is 124 cm³/mol. The monoisotopic (exact) mass is 438 g/mol. The number of hydrogen-bond acceptors (Lipinski definition) is 7. The van der Waals surface area contributed by atoms with Gasteiger partial charge in [-0.15, -0.1) is 11.3 Å². The van der Waals surface area contributed by atoms with Crippen LogP contribution >= 0.6 is 11.3 Å². The second kappa shape index (κ2) is 9.78. The van der Waals surface area contributed by atoms with E-state index in [0.29, 0.717) is 17.2 Å². The first-order chi connectivity index (χ1) is 14.8. The first kappa shape index (κ1) is 22.6. The number of benzene rings is 1. The van der Waals surface area contributed by atoms with E-state index in [-0.39, 0.29) is 11.5 Å². The van der Waals surface area contributed by atoms with E-state index < -0.39 is 11.5 Å². The van der Waals surface area contributed by atoms with Crippen molar-refractivity contribution < 1.29 is 14.4 Å². The van der Waals surface area contributed by atoms with Gasteiger partial charge in [-0.1, -0.05) is 51.4 Å². The number of pyridine rings is 1. The van der Waals surface area contributed by atoms with Crippen molar-refractivity contribution in [3.8, 4) is 0 Å². The molecular formula is C23H26N4O3S. The quantitative estimate of drug-likeness (QED) is 0.278. The van der Waals surface area contributed by atoms with E-state index in [0.717, 1.165) is 23.1 Å². The summed E-state index contributed by atoms with van der Waals surface area (Å²) in [7, 11) is 0. The van der Waals surface area contributed by atoms with Crippen molar-refractivity contribution in [3.05, 3.63) is 53.8 Å². The molecule has 31 heavy (non-hydrogen) atoms. The molecule has 0 bridgehead atoms. The molecule has 0 atom stereocenters. The minimum absolute atomic E-state index is 0.0484. The molecule has 0 unspecified atom stereocenters. The number of anilines is 1. The number of oxime groups is 1. The fourth-order valence-electron chi connectivity index (χ4n) is 2.81. The van der Waals surface area contributed by atoms with E-state index in [1.54, 1.807) is 45.3 Å². The van der Waals surface area contributed by atoms with Gasteiger partial charge in [0.1, 0.15) is 5.01 Å². The molecule has 0 saturated carbocycles. The summed E-state index contributed by atoms with van der Waals surface area (Å²) in [6.45, 7) is 7.90. The molecule has 0 aliphatic heterocycles. The number of para-hydroxylation sites is 1. The summed E-state index contributed by atoms with van der Waals surface area (Å²) in [4.78, 5) is 41.3. The molecule has 0 N–H and O–H groups in total. The number of Topliss-reactive ketones (excluding diaryl/α,β-unsaturated/α-hetero) is 1. The highest BCUT2D eigenvalue weighted by Gasteiger charge is 2.31. The van der Waals surface area contributed by atoms with Gasteiger partial charge in [0.2, 0.25) is 0 Å². The minimum Gasteiger partial charge on any atom is -0.297 e. The van der Waals surface area contributed by atoms with Crippen LogP contribution in [0.5, 0.6) is 0 Å². The lowest BCUT2D eigenvalue weighted by molar-refractivity contribution is -0.119. The third-order valence-corrected chi connectivity index (χ3v) is 5.58. The molecule has 2 heterocycles. The number of rotatable bonds is 7. The van der Waals surface area contributed by atoms with Crippen molar-refractivity contribution in [1.29, 1.82) is 0 Å². The zero-order valence-corrected chi connectivity index (χ0v) is 19.0. The molecule has 0 radical (unpaired) electrons. The van der Waals surface area contributed by atoms with Gasteiger partial charge >= 0.3 is 6.09 Å². The summed E-state index contributed by atoms with van der Waals surface area (Å²) in [6.07, 6.45) is 4.28. The Balaban J connectivity index is 1.93. The first-order valence-electron chi connectivity index (χ1n) is 10.2. The smallest absolute Gasteiger partial charge is 0.297 e. The maximum Gasteiger partial charge on any atom is 0.440 e. The third-order valence-electron chi connectivity index (χ3n) is 4.54. The number of hydrogen-bond donors (Lipinski definition) is 0. The van der Waals surface area contributed by atoms with Crippen molar-refractivity contribution in [2.75, 3.05) is 11.4 Å². The van der Waals surface area contributed by atoms with Crippen LogP contribution < -0.4 is 4.90 Å². The maximum atomic E-state index is 13.1. The van der Waals surface area contributed by atoms with Crippen molar-refractivity contribution in [1.82, 2.24) is 9.97 Å². The average Bonchev–Trinajstić information content (AvgIpc) is 3.18. The van der Waals surface area contributed by atoms with Crippen molar-refractivity contribution in [2.45, 2.75) is 40.5 Å². The fourth-order valence-corrected chi connectivity index (χ4v) is 3.75. The van der Waals surface area contributed by atoms with Crippen LogP contribution in [0.3, 0.4) is 0 Å². The molecule has 3 aromatic rings. The van der Waals surface area contributed by atoms with E-state index in [1.165, 1.54) is 16.2 Å². The zero-order valence-electron chi connectivity index (χ0n) is 18.2. The van der Waals surface area contributed by atoms with Crippen LogP contribution in [0.4, 0.5) is 10.5 Å². The van der Waals surface area contributed by atoms with Crippen LogP contribution in [0.15, 0.2) is 53.9 Å². The van der Waals surface area contributed by atoms with Gasteiger partial charge in [-0.05, 0) is 30.7 Å². The summed E-state index contributed by atoms with van der Waals surface area (Å²) < 4.78 is 0.930. The summed E-state index contributed by atoms with van der Waals surface area (Å²) in [5.41, 5.74) is 0.764. The van der Waals surface area contributed by atoms with Gasteiger partial charge in [0.05, 0.1) is 15.9 Å². The highest BCUT2D eigenvalue weighted by atomic mass is 32.1. The van der Waals surface area contributed by atoms with Gasteiger partial charge in [-0.3, -0.25) is 19.5 Å². The fraction of sp³-hybridized carbons (Fsp3) is 0.348. The molecule has 3 rings (SSSR count). The molecule has 0 fully saturated rings. The van der Waals surface area contributed by atoms with Crippen molar-refractivity contribution in [3.63, 3.8) is 0 Å². The lowest BCUT2D eigenvalue weighted by atomic mass is 9.88. The molecule has 8 heteroatoms. The molecule has 162 valence electrons. The molecular weight excluding hydrogens is 412 g/mol. The number of unbranched alkanes of at least 4 members (excludes halogenated alkanes) is 1. The van der Waals surface area contributed by atoms with Crippen molar-refractivity contribution in [2.24, 2.45) is 10.6 Å². The van der Waals surface area contributed by atoms with Crippen LogP contribution in [-0.4, -0.2) is 34.1 Å². The Bertz CT molecular complexity index is 1050. The Kier molecular flexibility index (Phi) is 7.12. The van der Waals surface area contributed by atoms with Crippen LogP contribution in [0.2, 0.25) is 0 Å². The summed E-state index contributed by atoms with van der Waals surface area (Å²) in [5, 5.41) is 4.45. The van der Waals surface area contributed by atoms with Gasteiger partial charge in [0.25, 0.3) is 0 Å². The summed E-state index contributed by atoms with van der Waals surface area (Å²) in [5.74, 6) is -0.247. The Hall–Kier alpha value is -3.13. The Labute approximate surface area is 185 Å². The van der Waals surface area contributed by atoms with Crippen molar-refractivity contribution >= 4 is 44.8 Å². The molecule has 1 aromatic carbocycles. The largest absolute Gasteiger partial charge is 0.440 e. The predicted octanol–water partition coefficient (Wildman–Crippen LogP) is 5.45. The first-order valence-corrected chi connectivity index (χ1v) is 11.0. The van der Waals surface area contributed by atoms with Crippen LogP contribution in [0.1, 0.15) is 45.5 Å². The average molecular weight is 439 g/mol. The second-order valence-electron chi connectivity index (χ2n) is 8.07. The molecule has 2 aromatic heterocycles. The van der Waals surface area contributed by atoms with E-state index in [9.17, 15) is 9.59 Å². The van der Waals surface area contributed by atoms with Gasteiger partial charge in [0, 0.05) is 24.4 Å². The normalized spacial score (nSPS) is 12.1. The summed E-state index contributed by atoms with van der Waals surface area (Å²) >= 11 is 1.34. The van der Waals surface area contributed by atoms with E-state index in [4.69, 9.17) is 4.84 Å².